The number of para-hydroxylation sites is 2. The van der Waals surface area contributed by atoms with Crippen LogP contribution in [0.15, 0.2) is 60.7 Å². The number of rotatable bonds is 0. The lowest BCUT2D eigenvalue weighted by Crippen LogP contribution is -2.13. The molecule has 0 bridgehead atoms. The molecule has 27 heavy (non-hydrogen) atoms. The Labute approximate surface area is 166 Å². The molecule has 2 nitrogen and oxygen atoms in total. The van der Waals surface area contributed by atoms with Crippen LogP contribution in [0.3, 0.4) is 0 Å². The average molecular weight is 377 g/mol. The van der Waals surface area contributed by atoms with Gasteiger partial charge in [0.15, 0.2) is 0 Å². The van der Waals surface area contributed by atoms with Gasteiger partial charge in [-0.05, 0) is 24.3 Å². The SMILES string of the molecule is CC(C)(C)c1ccc2ccccc2n1.CC(C)(C)c1nc2ccccc2s1. The van der Waals surface area contributed by atoms with Gasteiger partial charge in [0.2, 0.25) is 0 Å². The lowest BCUT2D eigenvalue weighted by Gasteiger charge is -2.17. The molecule has 0 fully saturated rings. The smallest absolute Gasteiger partial charge is 0.0992 e. The first-order valence-corrected chi connectivity index (χ1v) is 10.2. The van der Waals surface area contributed by atoms with Crippen LogP contribution in [-0.2, 0) is 10.8 Å². The van der Waals surface area contributed by atoms with Crippen LogP contribution in [0, 0.1) is 0 Å². The van der Waals surface area contributed by atoms with Crippen molar-refractivity contribution in [3.05, 3.63) is 71.4 Å². The first kappa shape index (κ1) is 19.5. The van der Waals surface area contributed by atoms with Crippen molar-refractivity contribution in [1.82, 2.24) is 9.97 Å². The molecule has 0 aliphatic rings. The molecule has 0 saturated heterocycles. The van der Waals surface area contributed by atoms with E-state index in [1.54, 1.807) is 11.3 Å². The summed E-state index contributed by atoms with van der Waals surface area (Å²) in [7, 11) is 0. The summed E-state index contributed by atoms with van der Waals surface area (Å²) in [4.78, 5) is 9.25. The molecule has 0 N–H and O–H groups in total. The zero-order valence-electron chi connectivity index (χ0n) is 17.1. The molecule has 140 valence electrons. The first-order chi connectivity index (χ1) is 12.6. The molecule has 0 aliphatic carbocycles. The number of benzene rings is 2. The zero-order valence-corrected chi connectivity index (χ0v) is 17.9. The maximum Gasteiger partial charge on any atom is 0.0992 e. The molecular weight excluding hydrogens is 348 g/mol. The molecule has 0 unspecified atom stereocenters. The molecule has 0 amide bonds. The average Bonchev–Trinajstić information content (AvgIpc) is 3.06. The van der Waals surface area contributed by atoms with Gasteiger partial charge in [-0.2, -0.15) is 0 Å². The third kappa shape index (κ3) is 4.72. The van der Waals surface area contributed by atoms with Crippen molar-refractivity contribution >= 4 is 32.5 Å². The minimum Gasteiger partial charge on any atom is -0.252 e. The maximum atomic E-state index is 4.65. The Morgan fingerprint density at radius 3 is 1.89 bits per heavy atom. The number of nitrogens with zero attached hydrogens (tertiary/aromatic N) is 2. The minimum absolute atomic E-state index is 0.129. The van der Waals surface area contributed by atoms with Gasteiger partial charge < -0.3 is 0 Å². The molecule has 0 aliphatic heterocycles. The van der Waals surface area contributed by atoms with Gasteiger partial charge in [-0.15, -0.1) is 11.3 Å². The third-order valence-electron chi connectivity index (χ3n) is 4.30. The Morgan fingerprint density at radius 2 is 1.26 bits per heavy atom. The van der Waals surface area contributed by atoms with Gasteiger partial charge in [-0.25, -0.2) is 4.98 Å². The van der Waals surface area contributed by atoms with E-state index in [0.29, 0.717) is 0 Å². The Balaban J connectivity index is 0.000000156. The second kappa shape index (κ2) is 7.40. The molecule has 0 atom stereocenters. The van der Waals surface area contributed by atoms with E-state index in [0.717, 1.165) is 16.7 Å². The Morgan fingerprint density at radius 1 is 0.630 bits per heavy atom. The van der Waals surface area contributed by atoms with Crippen LogP contribution in [0.1, 0.15) is 52.2 Å². The summed E-state index contributed by atoms with van der Waals surface area (Å²) in [6, 6.07) is 20.8. The van der Waals surface area contributed by atoms with Crippen molar-refractivity contribution < 1.29 is 0 Å². The number of pyridine rings is 1. The molecule has 4 rings (SSSR count). The van der Waals surface area contributed by atoms with Crippen molar-refractivity contribution in [3.8, 4) is 0 Å². The molecule has 4 aromatic rings. The number of fused-ring (bicyclic) bond motifs is 2. The van der Waals surface area contributed by atoms with Crippen molar-refractivity contribution in [3.63, 3.8) is 0 Å². The highest BCUT2D eigenvalue weighted by Crippen LogP contribution is 2.30. The van der Waals surface area contributed by atoms with E-state index >= 15 is 0 Å². The number of aromatic nitrogens is 2. The summed E-state index contributed by atoms with van der Waals surface area (Å²) in [5.74, 6) is 0. The summed E-state index contributed by atoms with van der Waals surface area (Å²) in [5, 5.41) is 2.43. The van der Waals surface area contributed by atoms with Crippen LogP contribution in [0.5, 0.6) is 0 Å². The molecule has 2 aromatic carbocycles. The molecule has 2 aromatic heterocycles. The van der Waals surface area contributed by atoms with Gasteiger partial charge >= 0.3 is 0 Å². The van der Waals surface area contributed by atoms with Gasteiger partial charge in [-0.1, -0.05) is 77.9 Å². The molecule has 0 saturated carbocycles. The van der Waals surface area contributed by atoms with Crippen molar-refractivity contribution in [2.45, 2.75) is 52.4 Å². The van der Waals surface area contributed by atoms with Crippen LogP contribution < -0.4 is 0 Å². The van der Waals surface area contributed by atoms with Crippen LogP contribution in [0.25, 0.3) is 21.1 Å². The topological polar surface area (TPSA) is 25.8 Å². The molecule has 0 radical (unpaired) electrons. The third-order valence-corrected chi connectivity index (χ3v) is 5.76. The van der Waals surface area contributed by atoms with Gasteiger partial charge in [0.25, 0.3) is 0 Å². The number of hydrogen-bond acceptors (Lipinski definition) is 3. The summed E-state index contributed by atoms with van der Waals surface area (Å²) in [6.45, 7) is 13.2. The second-order valence-corrected chi connectivity index (χ2v) is 9.91. The van der Waals surface area contributed by atoms with E-state index in [2.05, 4.69) is 94.0 Å². The lowest BCUT2D eigenvalue weighted by molar-refractivity contribution is 0.571. The Bertz CT molecular complexity index is 1020. The lowest BCUT2D eigenvalue weighted by atomic mass is 9.91. The van der Waals surface area contributed by atoms with E-state index in [-0.39, 0.29) is 10.8 Å². The van der Waals surface area contributed by atoms with E-state index in [1.807, 2.05) is 18.2 Å². The highest BCUT2D eigenvalue weighted by Gasteiger charge is 2.18. The van der Waals surface area contributed by atoms with Crippen molar-refractivity contribution in [2.24, 2.45) is 0 Å². The largest absolute Gasteiger partial charge is 0.252 e. The summed E-state index contributed by atoms with van der Waals surface area (Å²) < 4.78 is 1.28. The Hall–Kier alpha value is -2.26. The quantitative estimate of drug-likeness (QED) is 0.326. The summed E-state index contributed by atoms with van der Waals surface area (Å²) in [5.41, 5.74) is 3.65. The van der Waals surface area contributed by atoms with E-state index < -0.39 is 0 Å². The molecule has 2 heterocycles. The van der Waals surface area contributed by atoms with E-state index in [4.69, 9.17) is 0 Å². The van der Waals surface area contributed by atoms with Gasteiger partial charge in [0, 0.05) is 21.9 Å². The van der Waals surface area contributed by atoms with Crippen molar-refractivity contribution in [2.75, 3.05) is 0 Å². The highest BCUT2D eigenvalue weighted by molar-refractivity contribution is 7.18. The maximum absolute atomic E-state index is 4.65. The Kier molecular flexibility index (Phi) is 5.34. The highest BCUT2D eigenvalue weighted by atomic mass is 32.1. The second-order valence-electron chi connectivity index (χ2n) is 8.88. The van der Waals surface area contributed by atoms with Crippen LogP contribution in [-0.4, -0.2) is 9.97 Å². The predicted octanol–water partition coefficient (Wildman–Crippen LogP) is 7.13. The van der Waals surface area contributed by atoms with Gasteiger partial charge in [0.1, 0.15) is 0 Å². The molecule has 3 heteroatoms. The summed E-state index contributed by atoms with van der Waals surface area (Å²) >= 11 is 1.79. The van der Waals surface area contributed by atoms with Gasteiger partial charge in [-0.3, -0.25) is 4.98 Å². The summed E-state index contributed by atoms with van der Waals surface area (Å²) in [6.07, 6.45) is 0. The zero-order chi connectivity index (χ0) is 19.7. The fraction of sp³-hybridized carbons (Fsp3) is 0.333. The van der Waals surface area contributed by atoms with Gasteiger partial charge in [0.05, 0.1) is 20.7 Å². The van der Waals surface area contributed by atoms with E-state index in [9.17, 15) is 0 Å². The number of thiazole rings is 1. The predicted molar refractivity (Wildman–Crippen MR) is 119 cm³/mol. The minimum atomic E-state index is 0.129. The van der Waals surface area contributed by atoms with E-state index in [1.165, 1.54) is 15.1 Å². The first-order valence-electron chi connectivity index (χ1n) is 9.37. The number of hydrogen-bond donors (Lipinski definition) is 0. The standard InChI is InChI=1S/C13H15N.C11H13NS/c1-13(2,3)12-9-8-10-6-4-5-7-11(10)14-12;1-11(2,3)10-12-8-6-4-5-7-9(8)13-10/h4-9H,1-3H3;4-7H,1-3H3. The monoisotopic (exact) mass is 376 g/mol. The molecule has 0 spiro atoms. The fourth-order valence-electron chi connectivity index (χ4n) is 2.68. The normalized spacial score (nSPS) is 12.1. The van der Waals surface area contributed by atoms with Crippen molar-refractivity contribution in [1.29, 1.82) is 0 Å². The molecular formula is C24H28N2S. The van der Waals surface area contributed by atoms with Crippen LogP contribution >= 0.6 is 11.3 Å². The van der Waals surface area contributed by atoms with Crippen LogP contribution in [0.4, 0.5) is 0 Å². The van der Waals surface area contributed by atoms with Crippen LogP contribution in [0.2, 0.25) is 0 Å². The fourth-order valence-corrected chi connectivity index (χ4v) is 3.70.